The first-order valence-corrected chi connectivity index (χ1v) is 8.08. The summed E-state index contributed by atoms with van der Waals surface area (Å²) in [4.78, 5) is 2.58. The van der Waals surface area contributed by atoms with Crippen molar-refractivity contribution >= 4 is 0 Å². The third-order valence-electron chi connectivity index (χ3n) is 5.94. The summed E-state index contributed by atoms with van der Waals surface area (Å²) < 4.78 is 0. The van der Waals surface area contributed by atoms with Crippen molar-refractivity contribution in [1.82, 2.24) is 4.90 Å². The number of unbranched alkanes of at least 4 members (excludes halogenated alkanes) is 1. The largest absolute Gasteiger partial charge is 0.329 e. The van der Waals surface area contributed by atoms with E-state index in [9.17, 15) is 0 Å². The third-order valence-corrected chi connectivity index (χ3v) is 5.94. The average molecular weight is 252 g/mol. The van der Waals surface area contributed by atoms with Crippen molar-refractivity contribution < 1.29 is 0 Å². The Morgan fingerprint density at radius 3 is 2.11 bits per heavy atom. The SMILES string of the molecule is CCCCN(C)C1(CN)CCC2(CCCC2)CC1. The first-order chi connectivity index (χ1) is 8.66. The molecule has 2 fully saturated rings. The molecule has 2 heteroatoms. The maximum atomic E-state index is 6.16. The van der Waals surface area contributed by atoms with E-state index in [1.54, 1.807) is 0 Å². The smallest absolute Gasteiger partial charge is 0.0329 e. The molecule has 0 amide bonds. The molecule has 0 heterocycles. The van der Waals surface area contributed by atoms with Gasteiger partial charge in [0.15, 0.2) is 0 Å². The molecule has 2 nitrogen and oxygen atoms in total. The summed E-state index contributed by atoms with van der Waals surface area (Å²) in [6.07, 6.45) is 14.1. The van der Waals surface area contributed by atoms with Crippen LogP contribution in [0.3, 0.4) is 0 Å². The van der Waals surface area contributed by atoms with Gasteiger partial charge in [-0.3, -0.25) is 4.90 Å². The van der Waals surface area contributed by atoms with Gasteiger partial charge in [-0.2, -0.15) is 0 Å². The van der Waals surface area contributed by atoms with E-state index >= 15 is 0 Å². The lowest BCUT2D eigenvalue weighted by Crippen LogP contribution is -2.55. The summed E-state index contributed by atoms with van der Waals surface area (Å²) in [5, 5.41) is 0. The molecule has 106 valence electrons. The van der Waals surface area contributed by atoms with E-state index in [1.807, 2.05) is 0 Å². The Morgan fingerprint density at radius 2 is 1.61 bits per heavy atom. The van der Waals surface area contributed by atoms with Crippen molar-refractivity contribution in [1.29, 1.82) is 0 Å². The van der Waals surface area contributed by atoms with Gasteiger partial charge in [0.1, 0.15) is 0 Å². The predicted octanol–water partition coefficient (Wildman–Crippen LogP) is 3.55. The maximum Gasteiger partial charge on any atom is 0.0329 e. The van der Waals surface area contributed by atoms with Crippen LogP contribution >= 0.6 is 0 Å². The van der Waals surface area contributed by atoms with E-state index < -0.39 is 0 Å². The highest BCUT2D eigenvalue weighted by Gasteiger charge is 2.44. The molecular formula is C16H32N2. The second-order valence-corrected chi connectivity index (χ2v) is 6.91. The van der Waals surface area contributed by atoms with Crippen LogP contribution in [0.2, 0.25) is 0 Å². The summed E-state index contributed by atoms with van der Waals surface area (Å²) in [6.45, 7) is 4.35. The van der Waals surface area contributed by atoms with Gasteiger partial charge in [-0.05, 0) is 64.0 Å². The number of hydrogen-bond acceptors (Lipinski definition) is 2. The highest BCUT2D eigenvalue weighted by Crippen LogP contribution is 2.52. The van der Waals surface area contributed by atoms with E-state index in [4.69, 9.17) is 5.73 Å². The minimum atomic E-state index is 0.322. The van der Waals surface area contributed by atoms with Crippen molar-refractivity contribution in [3.8, 4) is 0 Å². The minimum Gasteiger partial charge on any atom is -0.329 e. The van der Waals surface area contributed by atoms with E-state index in [-0.39, 0.29) is 0 Å². The molecule has 0 atom stereocenters. The second kappa shape index (κ2) is 5.92. The van der Waals surface area contributed by atoms with Crippen LogP contribution in [0.15, 0.2) is 0 Å². The Balaban J connectivity index is 1.94. The molecule has 18 heavy (non-hydrogen) atoms. The standard InChI is InChI=1S/C16H32N2/c1-3-4-13-18(2)16(14-17)11-9-15(10-12-16)7-5-6-8-15/h3-14,17H2,1-2H3. The van der Waals surface area contributed by atoms with Gasteiger partial charge in [0.25, 0.3) is 0 Å². The summed E-state index contributed by atoms with van der Waals surface area (Å²) in [5.74, 6) is 0. The first-order valence-electron chi connectivity index (χ1n) is 8.08. The van der Waals surface area contributed by atoms with Gasteiger partial charge in [-0.1, -0.05) is 26.2 Å². The van der Waals surface area contributed by atoms with Gasteiger partial charge in [-0.15, -0.1) is 0 Å². The van der Waals surface area contributed by atoms with Crippen molar-refractivity contribution in [2.24, 2.45) is 11.1 Å². The molecule has 0 aromatic carbocycles. The van der Waals surface area contributed by atoms with Gasteiger partial charge in [-0.25, -0.2) is 0 Å². The fourth-order valence-electron chi connectivity index (χ4n) is 4.24. The van der Waals surface area contributed by atoms with Crippen LogP contribution in [-0.2, 0) is 0 Å². The molecule has 0 aromatic rings. The van der Waals surface area contributed by atoms with Crippen LogP contribution < -0.4 is 5.73 Å². The molecule has 0 bridgehead atoms. The van der Waals surface area contributed by atoms with Crippen molar-refractivity contribution in [3.63, 3.8) is 0 Å². The number of likely N-dealkylation sites (N-methyl/N-ethyl adjacent to an activating group) is 1. The molecule has 0 aliphatic heterocycles. The molecule has 2 aliphatic rings. The Morgan fingerprint density at radius 1 is 1.00 bits per heavy atom. The van der Waals surface area contributed by atoms with E-state index in [0.717, 1.165) is 12.0 Å². The summed E-state index contributed by atoms with van der Waals surface area (Å²) in [6, 6.07) is 0. The van der Waals surface area contributed by atoms with Crippen LogP contribution in [0.1, 0.15) is 71.1 Å². The van der Waals surface area contributed by atoms with Gasteiger partial charge in [0.05, 0.1) is 0 Å². The van der Waals surface area contributed by atoms with Crippen molar-refractivity contribution in [2.45, 2.75) is 76.7 Å². The maximum absolute atomic E-state index is 6.16. The van der Waals surface area contributed by atoms with Crippen LogP contribution in [0.25, 0.3) is 0 Å². The topological polar surface area (TPSA) is 29.3 Å². The fourth-order valence-corrected chi connectivity index (χ4v) is 4.24. The molecule has 2 aliphatic carbocycles. The van der Waals surface area contributed by atoms with Crippen LogP contribution in [0, 0.1) is 5.41 Å². The van der Waals surface area contributed by atoms with E-state index in [2.05, 4.69) is 18.9 Å². The van der Waals surface area contributed by atoms with Crippen LogP contribution in [-0.4, -0.2) is 30.6 Å². The summed E-state index contributed by atoms with van der Waals surface area (Å²) in [7, 11) is 2.30. The quantitative estimate of drug-likeness (QED) is 0.811. The first kappa shape index (κ1) is 14.3. The molecule has 2 N–H and O–H groups in total. The molecule has 0 unspecified atom stereocenters. The normalized spacial score (nSPS) is 26.0. The van der Waals surface area contributed by atoms with Gasteiger partial charge in [0.2, 0.25) is 0 Å². The molecular weight excluding hydrogens is 220 g/mol. The minimum absolute atomic E-state index is 0.322. The van der Waals surface area contributed by atoms with Crippen LogP contribution in [0.5, 0.6) is 0 Å². The number of hydrogen-bond donors (Lipinski definition) is 1. The molecule has 2 saturated carbocycles. The average Bonchev–Trinajstić information content (AvgIpc) is 2.86. The predicted molar refractivity (Wildman–Crippen MR) is 78.7 cm³/mol. The molecule has 1 spiro atoms. The zero-order valence-corrected chi connectivity index (χ0v) is 12.5. The van der Waals surface area contributed by atoms with Gasteiger partial charge < -0.3 is 5.73 Å². The molecule has 2 rings (SSSR count). The molecule has 0 aromatic heterocycles. The highest BCUT2D eigenvalue weighted by atomic mass is 15.2. The van der Waals surface area contributed by atoms with E-state index in [0.29, 0.717) is 5.54 Å². The monoisotopic (exact) mass is 252 g/mol. The number of nitrogens with two attached hydrogens (primary N) is 1. The number of nitrogens with zero attached hydrogens (tertiary/aromatic N) is 1. The second-order valence-electron chi connectivity index (χ2n) is 6.91. The van der Waals surface area contributed by atoms with Gasteiger partial charge in [0, 0.05) is 12.1 Å². The fraction of sp³-hybridized carbons (Fsp3) is 1.00. The lowest BCUT2D eigenvalue weighted by Gasteiger charge is -2.49. The van der Waals surface area contributed by atoms with E-state index in [1.165, 1.54) is 70.8 Å². The zero-order chi connectivity index (χ0) is 13.1. The Bertz CT molecular complexity index is 246. The summed E-state index contributed by atoms with van der Waals surface area (Å²) >= 11 is 0. The van der Waals surface area contributed by atoms with Crippen molar-refractivity contribution in [2.75, 3.05) is 20.1 Å². The zero-order valence-electron chi connectivity index (χ0n) is 12.5. The molecule has 0 radical (unpaired) electrons. The Labute approximate surface area is 113 Å². The van der Waals surface area contributed by atoms with Crippen LogP contribution in [0.4, 0.5) is 0 Å². The van der Waals surface area contributed by atoms with Crippen molar-refractivity contribution in [3.05, 3.63) is 0 Å². The molecule has 0 saturated heterocycles. The summed E-state index contributed by atoms with van der Waals surface area (Å²) in [5.41, 5.74) is 7.21. The number of rotatable bonds is 5. The Hall–Kier alpha value is -0.0800. The highest BCUT2D eigenvalue weighted by molar-refractivity contribution is 5.00. The lowest BCUT2D eigenvalue weighted by atomic mass is 9.66. The lowest BCUT2D eigenvalue weighted by molar-refractivity contribution is 0.0299. The Kier molecular flexibility index (Phi) is 4.71. The van der Waals surface area contributed by atoms with Gasteiger partial charge >= 0.3 is 0 Å². The third kappa shape index (κ3) is 2.75.